The molecule has 0 saturated heterocycles. The number of rotatable bonds is 8. The smallest absolute Gasteiger partial charge is 0.241 e. The molecule has 0 bridgehead atoms. The van der Waals surface area contributed by atoms with E-state index in [9.17, 15) is 13.2 Å². The molecular weight excluding hydrogens is 392 g/mol. The zero-order valence-electron chi connectivity index (χ0n) is 15.7. The molecule has 8 heteroatoms. The van der Waals surface area contributed by atoms with Gasteiger partial charge in [0.05, 0.1) is 12.8 Å². The van der Waals surface area contributed by atoms with Crippen LogP contribution in [0.1, 0.15) is 15.9 Å². The molecule has 3 rings (SSSR count). The number of aldehydes is 1. The normalized spacial score (nSPS) is 11.0. The van der Waals surface area contributed by atoms with Gasteiger partial charge in [0.25, 0.3) is 0 Å². The van der Waals surface area contributed by atoms with Gasteiger partial charge in [-0.1, -0.05) is 30.3 Å². The van der Waals surface area contributed by atoms with Crippen molar-refractivity contribution in [2.75, 3.05) is 12.4 Å². The fraction of sp³-hybridized carbons (Fsp3) is 0.0952. The van der Waals surface area contributed by atoms with Gasteiger partial charge in [0.15, 0.2) is 5.75 Å². The summed E-state index contributed by atoms with van der Waals surface area (Å²) in [6.07, 6.45) is 0.555. The van der Waals surface area contributed by atoms with Crippen molar-refractivity contribution in [3.8, 4) is 17.2 Å². The molecule has 0 saturated carbocycles. The van der Waals surface area contributed by atoms with E-state index in [1.165, 1.54) is 12.1 Å². The molecule has 0 radical (unpaired) electrons. The number of ether oxygens (including phenoxy) is 2. The second-order valence-electron chi connectivity index (χ2n) is 6.18. The van der Waals surface area contributed by atoms with Crippen LogP contribution in [0.5, 0.6) is 17.2 Å². The molecule has 3 aromatic rings. The third-order valence-corrected chi connectivity index (χ3v) is 5.04. The van der Waals surface area contributed by atoms with Crippen molar-refractivity contribution in [1.82, 2.24) is 0 Å². The highest BCUT2D eigenvalue weighted by molar-refractivity contribution is 7.89. The summed E-state index contributed by atoms with van der Waals surface area (Å²) in [7, 11) is -2.61. The Hall–Kier alpha value is -3.36. The molecule has 3 N–H and O–H groups in total. The van der Waals surface area contributed by atoms with Gasteiger partial charge < -0.3 is 14.8 Å². The molecule has 0 aliphatic heterocycles. The molecule has 0 unspecified atom stereocenters. The first kappa shape index (κ1) is 20.4. The van der Waals surface area contributed by atoms with E-state index in [0.29, 0.717) is 30.0 Å². The lowest BCUT2D eigenvalue weighted by Gasteiger charge is -2.17. The largest absolute Gasteiger partial charge is 0.497 e. The van der Waals surface area contributed by atoms with Crippen molar-refractivity contribution >= 4 is 22.0 Å². The van der Waals surface area contributed by atoms with Gasteiger partial charge >= 0.3 is 0 Å². The number of primary sulfonamides is 1. The molecule has 0 amide bonds. The number of sulfonamides is 1. The average Bonchev–Trinajstić information content (AvgIpc) is 2.73. The number of nitrogens with one attached hydrogen (secondary N) is 1. The summed E-state index contributed by atoms with van der Waals surface area (Å²) in [4.78, 5) is 11.1. The quantitative estimate of drug-likeness (QED) is 0.548. The Morgan fingerprint density at radius 3 is 2.24 bits per heavy atom. The molecule has 3 aromatic carbocycles. The Kier molecular flexibility index (Phi) is 6.16. The molecule has 0 aliphatic rings. The number of hydrogen-bond acceptors (Lipinski definition) is 6. The van der Waals surface area contributed by atoms with Crippen molar-refractivity contribution in [1.29, 1.82) is 0 Å². The second-order valence-corrected chi connectivity index (χ2v) is 7.71. The molecule has 150 valence electrons. The van der Waals surface area contributed by atoms with Crippen molar-refractivity contribution < 1.29 is 22.7 Å². The molecule has 0 atom stereocenters. The third kappa shape index (κ3) is 5.13. The van der Waals surface area contributed by atoms with Gasteiger partial charge in [0, 0.05) is 12.1 Å². The molecule has 0 heterocycles. The number of nitrogens with two attached hydrogens (primary N) is 1. The maximum atomic E-state index is 12.2. The molecule has 0 spiro atoms. The van der Waals surface area contributed by atoms with E-state index in [4.69, 9.17) is 14.6 Å². The highest BCUT2D eigenvalue weighted by atomic mass is 32.2. The Bertz CT molecular complexity index is 1100. The van der Waals surface area contributed by atoms with Crippen molar-refractivity contribution in [2.24, 2.45) is 5.14 Å². The minimum absolute atomic E-state index is 0.0131. The molecule has 7 nitrogen and oxygen atoms in total. The number of carbonyl (C=O) groups is 1. The van der Waals surface area contributed by atoms with Gasteiger partial charge in [-0.2, -0.15) is 0 Å². The monoisotopic (exact) mass is 412 g/mol. The van der Waals surface area contributed by atoms with Crippen LogP contribution in [0.25, 0.3) is 0 Å². The van der Waals surface area contributed by atoms with Gasteiger partial charge in [0.1, 0.15) is 22.7 Å². The lowest BCUT2D eigenvalue weighted by atomic mass is 10.1. The van der Waals surface area contributed by atoms with Crippen LogP contribution in [-0.2, 0) is 16.6 Å². The van der Waals surface area contributed by atoms with E-state index in [2.05, 4.69) is 5.32 Å². The van der Waals surface area contributed by atoms with E-state index < -0.39 is 10.0 Å². The van der Waals surface area contributed by atoms with Crippen molar-refractivity contribution in [3.63, 3.8) is 0 Å². The standard InChI is InChI=1S/C21H20N2O5S/c1-27-17-7-9-18(10-8-17)28-21-19(23-13-15-5-3-2-4-6-15)11-16(14-24)12-20(21)29(22,25)26/h2-12,14,23H,13H2,1H3,(H2,22,25,26). The van der Waals surface area contributed by atoms with Crippen molar-refractivity contribution in [2.45, 2.75) is 11.4 Å². The minimum Gasteiger partial charge on any atom is -0.497 e. The Labute approximate surface area is 169 Å². The van der Waals surface area contributed by atoms with Crippen LogP contribution in [0.15, 0.2) is 71.6 Å². The Morgan fingerprint density at radius 1 is 1.00 bits per heavy atom. The number of anilines is 1. The van der Waals surface area contributed by atoms with Crippen LogP contribution >= 0.6 is 0 Å². The van der Waals surface area contributed by atoms with Crippen LogP contribution in [0.3, 0.4) is 0 Å². The summed E-state index contributed by atoms with van der Waals surface area (Å²) in [5.41, 5.74) is 1.46. The average molecular weight is 412 g/mol. The topological polar surface area (TPSA) is 108 Å². The number of carbonyl (C=O) groups excluding carboxylic acids is 1. The zero-order valence-corrected chi connectivity index (χ0v) is 16.5. The summed E-state index contributed by atoms with van der Waals surface area (Å²) < 4.78 is 35.3. The second kappa shape index (κ2) is 8.76. The highest BCUT2D eigenvalue weighted by Crippen LogP contribution is 2.37. The lowest BCUT2D eigenvalue weighted by Crippen LogP contribution is -2.15. The summed E-state index contributed by atoms with van der Waals surface area (Å²) in [5.74, 6) is 1.03. The fourth-order valence-electron chi connectivity index (χ4n) is 2.69. The summed E-state index contributed by atoms with van der Waals surface area (Å²) in [6, 6.07) is 18.9. The summed E-state index contributed by atoms with van der Waals surface area (Å²) in [6.45, 7) is 0.395. The molecule has 0 aromatic heterocycles. The Balaban J connectivity index is 2.04. The van der Waals surface area contributed by atoms with Gasteiger partial charge in [-0.25, -0.2) is 13.6 Å². The SMILES string of the molecule is COc1ccc(Oc2c(NCc3ccccc3)cc(C=O)cc2S(N)(=O)=O)cc1. The first-order valence-electron chi connectivity index (χ1n) is 8.66. The van der Waals surface area contributed by atoms with E-state index in [-0.39, 0.29) is 16.2 Å². The summed E-state index contributed by atoms with van der Waals surface area (Å²) >= 11 is 0. The van der Waals surface area contributed by atoms with Crippen LogP contribution in [0.2, 0.25) is 0 Å². The van der Waals surface area contributed by atoms with Gasteiger partial charge in [-0.3, -0.25) is 4.79 Å². The number of hydrogen-bond donors (Lipinski definition) is 2. The van der Waals surface area contributed by atoms with Crippen LogP contribution in [0.4, 0.5) is 5.69 Å². The molecule has 29 heavy (non-hydrogen) atoms. The summed E-state index contributed by atoms with van der Waals surface area (Å²) in [5, 5.41) is 8.52. The Morgan fingerprint density at radius 2 is 1.66 bits per heavy atom. The van der Waals surface area contributed by atoms with Crippen molar-refractivity contribution in [3.05, 3.63) is 77.9 Å². The minimum atomic E-state index is -4.15. The first-order chi connectivity index (χ1) is 13.9. The predicted molar refractivity (Wildman–Crippen MR) is 110 cm³/mol. The lowest BCUT2D eigenvalue weighted by molar-refractivity contribution is 0.112. The van der Waals surface area contributed by atoms with Crippen LogP contribution in [0, 0.1) is 0 Å². The predicted octanol–water partition coefficient (Wildman–Crippen LogP) is 3.56. The van der Waals surface area contributed by atoms with Gasteiger partial charge in [0.2, 0.25) is 10.0 Å². The van der Waals surface area contributed by atoms with E-state index in [1.54, 1.807) is 31.4 Å². The molecule has 0 fully saturated rings. The maximum absolute atomic E-state index is 12.2. The van der Waals surface area contributed by atoms with Gasteiger partial charge in [-0.05, 0) is 42.0 Å². The molecule has 0 aliphatic carbocycles. The third-order valence-electron chi connectivity index (χ3n) is 4.12. The van der Waals surface area contributed by atoms with E-state index >= 15 is 0 Å². The highest BCUT2D eigenvalue weighted by Gasteiger charge is 2.21. The zero-order chi connectivity index (χ0) is 20.9. The number of benzene rings is 3. The van der Waals surface area contributed by atoms with Crippen LogP contribution < -0.4 is 19.9 Å². The first-order valence-corrected chi connectivity index (χ1v) is 10.2. The maximum Gasteiger partial charge on any atom is 0.241 e. The van der Waals surface area contributed by atoms with Gasteiger partial charge in [-0.15, -0.1) is 0 Å². The van der Waals surface area contributed by atoms with E-state index in [0.717, 1.165) is 5.56 Å². The number of methoxy groups -OCH3 is 1. The van der Waals surface area contributed by atoms with E-state index in [1.807, 2.05) is 30.3 Å². The molecular formula is C21H20N2O5S. The van der Waals surface area contributed by atoms with Crippen LogP contribution in [-0.4, -0.2) is 21.8 Å². The fourth-order valence-corrected chi connectivity index (χ4v) is 3.40.